The van der Waals surface area contributed by atoms with Crippen LogP contribution in [0.5, 0.6) is 0 Å². The lowest BCUT2D eigenvalue weighted by Crippen LogP contribution is -1.92. The van der Waals surface area contributed by atoms with E-state index in [-0.39, 0.29) is 0 Å². The zero-order valence-corrected chi connectivity index (χ0v) is 19.4. The predicted octanol–water partition coefficient (Wildman–Crippen LogP) is 8.84. The first-order valence-electron chi connectivity index (χ1n) is 11.4. The van der Waals surface area contributed by atoms with E-state index in [9.17, 15) is 0 Å². The van der Waals surface area contributed by atoms with Crippen molar-refractivity contribution in [2.24, 2.45) is 0 Å². The predicted molar refractivity (Wildman–Crippen MR) is 125 cm³/mol. The van der Waals surface area contributed by atoms with Crippen LogP contribution in [0.15, 0.2) is 12.2 Å². The Labute approximate surface area is 166 Å². The Bertz CT molecular complexity index is 355. The van der Waals surface area contributed by atoms with E-state index in [2.05, 4.69) is 33.1 Å². The quantitative estimate of drug-likeness (QED) is 0.116. The fourth-order valence-electron chi connectivity index (χ4n) is 3.31. The number of unbranched alkanes of at least 4 members (excludes halogenated alkanes) is 13. The van der Waals surface area contributed by atoms with Gasteiger partial charge >= 0.3 is 0 Å². The van der Waals surface area contributed by atoms with Crippen molar-refractivity contribution in [1.29, 1.82) is 0 Å². The van der Waals surface area contributed by atoms with Gasteiger partial charge in [-0.2, -0.15) is 0 Å². The van der Waals surface area contributed by atoms with Crippen LogP contribution in [0.25, 0.3) is 0 Å². The van der Waals surface area contributed by atoms with Gasteiger partial charge in [0.1, 0.15) is 0 Å². The molecule has 0 aromatic carbocycles. The van der Waals surface area contributed by atoms with Crippen LogP contribution in [0, 0.1) is 0 Å². The van der Waals surface area contributed by atoms with Crippen LogP contribution in [0.2, 0.25) is 0 Å². The third kappa shape index (κ3) is 22.0. The molecule has 26 heavy (non-hydrogen) atoms. The molecule has 0 rings (SSSR count). The minimum Gasteiger partial charge on any atom is -0.363 e. The monoisotopic (exact) mass is 384 g/mol. The molecule has 0 aliphatic heterocycles. The maximum absolute atomic E-state index is 5.76. The summed E-state index contributed by atoms with van der Waals surface area (Å²) in [5.74, 6) is 0. The molecule has 0 saturated carbocycles. The second kappa shape index (κ2) is 18.4. The average Bonchev–Trinajstić information content (AvgIpc) is 2.57. The molecular formula is C24H49OP. The van der Waals surface area contributed by atoms with Gasteiger partial charge in [-0.15, -0.1) is 0 Å². The van der Waals surface area contributed by atoms with E-state index in [1.54, 1.807) is 0 Å². The van der Waals surface area contributed by atoms with Crippen molar-refractivity contribution < 1.29 is 4.52 Å². The van der Waals surface area contributed by atoms with Crippen LogP contribution in [0.3, 0.4) is 0 Å². The van der Waals surface area contributed by atoms with Crippen LogP contribution >= 0.6 is 7.11 Å². The molecular weight excluding hydrogens is 335 g/mol. The van der Waals surface area contributed by atoms with Gasteiger partial charge in [0.2, 0.25) is 0 Å². The molecule has 0 heterocycles. The van der Waals surface area contributed by atoms with Crippen molar-refractivity contribution >= 4 is 13.4 Å². The molecule has 0 spiro atoms. The highest BCUT2D eigenvalue weighted by molar-refractivity contribution is 7.67. The summed E-state index contributed by atoms with van der Waals surface area (Å²) < 4.78 is 5.76. The first-order valence-corrected chi connectivity index (χ1v) is 14.2. The van der Waals surface area contributed by atoms with E-state index >= 15 is 0 Å². The third-order valence-corrected chi connectivity index (χ3v) is 5.88. The molecule has 0 aliphatic carbocycles. The van der Waals surface area contributed by atoms with E-state index in [0.29, 0.717) is 0 Å². The van der Waals surface area contributed by atoms with Gasteiger partial charge in [-0.25, -0.2) is 0 Å². The molecule has 0 amide bonds. The Balaban J connectivity index is 3.20. The van der Waals surface area contributed by atoms with Crippen LogP contribution in [-0.2, 0) is 4.52 Å². The maximum atomic E-state index is 5.76. The molecule has 0 N–H and O–H groups in total. The summed E-state index contributed by atoms with van der Waals surface area (Å²) in [4.78, 5) is 0. The molecule has 0 atom stereocenters. The fraction of sp³-hybridized carbons (Fsp3) is 0.875. The molecule has 0 fully saturated rings. The average molecular weight is 385 g/mol. The standard InChI is InChI=1S/C24H49OP/c1-6-7-8-9-10-11-12-13-14-15-16-17-18-21-24(2)22-19-20-23-25-26(3,4)5/h2-3,6-23H2,1,4-5H3. The molecule has 0 radical (unpaired) electrons. The van der Waals surface area contributed by atoms with Crippen molar-refractivity contribution in [2.75, 3.05) is 19.9 Å². The SMILES string of the molecule is C=C(CCCCCCCCCCCCCCC)CCCCOP(=C)(C)C. The van der Waals surface area contributed by atoms with E-state index in [4.69, 9.17) is 4.52 Å². The Hall–Kier alpha value is 0. The van der Waals surface area contributed by atoms with Gasteiger partial charge in [0.25, 0.3) is 0 Å². The van der Waals surface area contributed by atoms with Crippen molar-refractivity contribution in [3.8, 4) is 0 Å². The zero-order valence-electron chi connectivity index (χ0n) is 18.5. The molecule has 156 valence electrons. The first kappa shape index (κ1) is 26.0. The van der Waals surface area contributed by atoms with Gasteiger partial charge in [-0.05, 0) is 52.5 Å². The van der Waals surface area contributed by atoms with Crippen LogP contribution in [-0.4, -0.2) is 26.2 Å². The third-order valence-electron chi connectivity index (χ3n) is 5.00. The summed E-state index contributed by atoms with van der Waals surface area (Å²) >= 11 is 0. The van der Waals surface area contributed by atoms with Gasteiger partial charge in [-0.1, -0.05) is 102 Å². The molecule has 0 aromatic heterocycles. The van der Waals surface area contributed by atoms with E-state index < -0.39 is 7.11 Å². The Morgan fingerprint density at radius 2 is 1.04 bits per heavy atom. The lowest BCUT2D eigenvalue weighted by atomic mass is 10.0. The maximum Gasteiger partial charge on any atom is 0.0507 e. The largest absolute Gasteiger partial charge is 0.363 e. The van der Waals surface area contributed by atoms with Crippen LogP contribution < -0.4 is 0 Å². The highest BCUT2D eigenvalue weighted by atomic mass is 31.2. The fourth-order valence-corrected chi connectivity index (χ4v) is 3.93. The highest BCUT2D eigenvalue weighted by Gasteiger charge is 2.00. The number of allylic oxidation sites excluding steroid dienone is 1. The van der Waals surface area contributed by atoms with Crippen LogP contribution in [0.1, 0.15) is 116 Å². The van der Waals surface area contributed by atoms with Gasteiger partial charge in [0, 0.05) is 0 Å². The molecule has 1 nitrogen and oxygen atoms in total. The summed E-state index contributed by atoms with van der Waals surface area (Å²) in [6.45, 7) is 11.7. The summed E-state index contributed by atoms with van der Waals surface area (Å²) in [5, 5.41) is 0. The lowest BCUT2D eigenvalue weighted by Gasteiger charge is -2.13. The summed E-state index contributed by atoms with van der Waals surface area (Å²) in [5.41, 5.74) is 1.44. The normalized spacial score (nSPS) is 11.8. The highest BCUT2D eigenvalue weighted by Crippen LogP contribution is 2.36. The summed E-state index contributed by atoms with van der Waals surface area (Å²) in [7, 11) is -1.30. The van der Waals surface area contributed by atoms with Crippen molar-refractivity contribution in [3.05, 3.63) is 12.2 Å². The lowest BCUT2D eigenvalue weighted by molar-refractivity contribution is 0.341. The molecule has 2 heteroatoms. The number of hydrogen-bond acceptors (Lipinski definition) is 1. The second-order valence-electron chi connectivity index (χ2n) is 8.61. The summed E-state index contributed by atoms with van der Waals surface area (Å²) in [6.07, 6.45) is 27.4. The van der Waals surface area contributed by atoms with Crippen molar-refractivity contribution in [2.45, 2.75) is 116 Å². The molecule has 0 unspecified atom stereocenters. The Morgan fingerprint density at radius 1 is 0.654 bits per heavy atom. The minimum absolute atomic E-state index is 0.871. The Morgan fingerprint density at radius 3 is 1.46 bits per heavy atom. The second-order valence-corrected chi connectivity index (χ2v) is 12.0. The topological polar surface area (TPSA) is 9.23 Å². The minimum atomic E-state index is -1.30. The van der Waals surface area contributed by atoms with Crippen molar-refractivity contribution in [3.63, 3.8) is 0 Å². The first-order chi connectivity index (χ1) is 12.5. The smallest absolute Gasteiger partial charge is 0.0507 e. The number of rotatable bonds is 20. The van der Waals surface area contributed by atoms with Gasteiger partial charge in [0.15, 0.2) is 0 Å². The molecule has 0 bridgehead atoms. The van der Waals surface area contributed by atoms with Crippen molar-refractivity contribution in [1.82, 2.24) is 0 Å². The Kier molecular flexibility index (Phi) is 18.4. The van der Waals surface area contributed by atoms with E-state index in [1.807, 2.05) is 0 Å². The van der Waals surface area contributed by atoms with Crippen LogP contribution in [0.4, 0.5) is 0 Å². The molecule has 0 saturated heterocycles. The van der Waals surface area contributed by atoms with Gasteiger partial charge in [-0.3, -0.25) is 0 Å². The van der Waals surface area contributed by atoms with Gasteiger partial charge < -0.3 is 4.52 Å². The van der Waals surface area contributed by atoms with E-state index in [1.165, 1.54) is 108 Å². The summed E-state index contributed by atoms with van der Waals surface area (Å²) in [6, 6.07) is 0. The van der Waals surface area contributed by atoms with Gasteiger partial charge in [0.05, 0.1) is 6.61 Å². The zero-order chi connectivity index (χ0) is 19.5. The number of hydrogen-bond donors (Lipinski definition) is 0. The molecule has 0 aromatic rings. The van der Waals surface area contributed by atoms with E-state index in [0.717, 1.165) is 13.0 Å². The molecule has 0 aliphatic rings.